The maximum Gasteiger partial charge on any atom is 0.303 e. The van der Waals surface area contributed by atoms with Crippen molar-refractivity contribution in [1.29, 1.82) is 0 Å². The number of hydrogen-bond donors (Lipinski definition) is 3. The number of benzene rings is 1. The van der Waals surface area contributed by atoms with Crippen molar-refractivity contribution < 1.29 is 14.7 Å². The van der Waals surface area contributed by atoms with E-state index in [1.54, 1.807) is 6.33 Å². The van der Waals surface area contributed by atoms with Crippen LogP contribution in [0.15, 0.2) is 24.5 Å². The van der Waals surface area contributed by atoms with Gasteiger partial charge < -0.3 is 15.4 Å². The zero-order valence-electron chi connectivity index (χ0n) is 10.3. The predicted octanol–water partition coefficient (Wildman–Crippen LogP) is 1.43. The smallest absolute Gasteiger partial charge is 0.303 e. The van der Waals surface area contributed by atoms with Crippen molar-refractivity contribution in [2.24, 2.45) is 0 Å². The summed E-state index contributed by atoms with van der Waals surface area (Å²) in [7, 11) is 0. The molecule has 1 aromatic carbocycles. The Hall–Kier alpha value is -2.37. The molecule has 0 radical (unpaired) electrons. The van der Waals surface area contributed by atoms with Gasteiger partial charge in [-0.3, -0.25) is 9.59 Å². The number of hydrogen-bond acceptors (Lipinski definition) is 3. The van der Waals surface area contributed by atoms with Crippen molar-refractivity contribution in [3.8, 4) is 0 Å². The molecule has 0 unspecified atom stereocenters. The van der Waals surface area contributed by atoms with Gasteiger partial charge in [0.2, 0.25) is 5.91 Å². The van der Waals surface area contributed by atoms with Crippen LogP contribution in [0.1, 0.15) is 24.8 Å². The lowest BCUT2D eigenvalue weighted by Crippen LogP contribution is -2.22. The molecule has 19 heavy (non-hydrogen) atoms. The Morgan fingerprint density at radius 2 is 2.16 bits per heavy atom. The van der Waals surface area contributed by atoms with E-state index < -0.39 is 5.97 Å². The van der Waals surface area contributed by atoms with Gasteiger partial charge in [-0.1, -0.05) is 6.07 Å². The van der Waals surface area contributed by atoms with Crippen LogP contribution in [0.3, 0.4) is 0 Å². The molecule has 0 aliphatic heterocycles. The van der Waals surface area contributed by atoms with E-state index in [1.165, 1.54) is 0 Å². The number of nitrogens with one attached hydrogen (secondary N) is 2. The fourth-order valence-corrected chi connectivity index (χ4v) is 1.78. The van der Waals surface area contributed by atoms with E-state index in [2.05, 4.69) is 15.3 Å². The Morgan fingerprint density at radius 3 is 2.95 bits per heavy atom. The van der Waals surface area contributed by atoms with Gasteiger partial charge in [-0.15, -0.1) is 0 Å². The molecule has 3 N–H and O–H groups in total. The third-order valence-corrected chi connectivity index (χ3v) is 2.77. The Bertz CT molecular complexity index is 592. The van der Waals surface area contributed by atoms with Crippen molar-refractivity contribution in [3.63, 3.8) is 0 Å². The summed E-state index contributed by atoms with van der Waals surface area (Å²) in [5.74, 6) is -1.01. The zero-order valence-corrected chi connectivity index (χ0v) is 10.3. The zero-order chi connectivity index (χ0) is 13.7. The number of H-pyrrole nitrogens is 1. The molecule has 1 heterocycles. The van der Waals surface area contributed by atoms with Crippen molar-refractivity contribution >= 4 is 22.9 Å². The average Bonchev–Trinajstić information content (AvgIpc) is 2.83. The van der Waals surface area contributed by atoms with Crippen molar-refractivity contribution in [1.82, 2.24) is 15.3 Å². The van der Waals surface area contributed by atoms with Crippen LogP contribution >= 0.6 is 0 Å². The SMILES string of the molecule is O=C(O)CCCC(=O)NCc1ccc2nc[nH]c2c1. The van der Waals surface area contributed by atoms with E-state index >= 15 is 0 Å². The molecule has 0 bridgehead atoms. The van der Waals surface area contributed by atoms with E-state index in [9.17, 15) is 9.59 Å². The first-order valence-electron chi connectivity index (χ1n) is 6.05. The lowest BCUT2D eigenvalue weighted by molar-refractivity contribution is -0.137. The highest BCUT2D eigenvalue weighted by atomic mass is 16.4. The maximum atomic E-state index is 11.5. The molecule has 0 atom stereocenters. The molecule has 2 rings (SSSR count). The van der Waals surface area contributed by atoms with Gasteiger partial charge in [0, 0.05) is 19.4 Å². The molecule has 0 fully saturated rings. The number of carbonyl (C=O) groups excluding carboxylic acids is 1. The Kier molecular flexibility index (Phi) is 4.12. The van der Waals surface area contributed by atoms with Crippen LogP contribution in [-0.2, 0) is 16.1 Å². The minimum Gasteiger partial charge on any atom is -0.481 e. The van der Waals surface area contributed by atoms with Crippen LogP contribution < -0.4 is 5.32 Å². The molecule has 100 valence electrons. The fraction of sp³-hybridized carbons (Fsp3) is 0.308. The number of fused-ring (bicyclic) bond motifs is 1. The van der Waals surface area contributed by atoms with E-state index in [1.807, 2.05) is 18.2 Å². The summed E-state index contributed by atoms with van der Waals surface area (Å²) < 4.78 is 0. The predicted molar refractivity (Wildman–Crippen MR) is 69.4 cm³/mol. The largest absolute Gasteiger partial charge is 0.481 e. The summed E-state index contributed by atoms with van der Waals surface area (Å²) in [5.41, 5.74) is 2.79. The third kappa shape index (κ3) is 3.80. The summed E-state index contributed by atoms with van der Waals surface area (Å²) >= 11 is 0. The number of aliphatic carboxylic acids is 1. The van der Waals surface area contributed by atoms with Gasteiger partial charge in [0.25, 0.3) is 0 Å². The topological polar surface area (TPSA) is 95.1 Å². The molecule has 6 nitrogen and oxygen atoms in total. The van der Waals surface area contributed by atoms with E-state index in [-0.39, 0.29) is 18.7 Å². The fourth-order valence-electron chi connectivity index (χ4n) is 1.78. The summed E-state index contributed by atoms with van der Waals surface area (Å²) in [6.07, 6.45) is 2.24. The molecule has 0 spiro atoms. The van der Waals surface area contributed by atoms with E-state index in [0.717, 1.165) is 16.6 Å². The van der Waals surface area contributed by atoms with Crippen molar-refractivity contribution in [2.75, 3.05) is 0 Å². The summed E-state index contributed by atoms with van der Waals surface area (Å²) in [6.45, 7) is 0.431. The molecule has 6 heteroatoms. The van der Waals surface area contributed by atoms with Gasteiger partial charge in [0.15, 0.2) is 0 Å². The van der Waals surface area contributed by atoms with Gasteiger partial charge in [-0.05, 0) is 24.1 Å². The van der Waals surface area contributed by atoms with E-state index in [0.29, 0.717) is 13.0 Å². The van der Waals surface area contributed by atoms with Crippen LogP contribution in [0.5, 0.6) is 0 Å². The van der Waals surface area contributed by atoms with Crippen LogP contribution in [0.4, 0.5) is 0 Å². The van der Waals surface area contributed by atoms with Crippen molar-refractivity contribution in [2.45, 2.75) is 25.8 Å². The minimum atomic E-state index is -0.877. The molecule has 1 aromatic heterocycles. The molecule has 2 aromatic rings. The average molecular weight is 261 g/mol. The summed E-state index contributed by atoms with van der Waals surface area (Å²) in [5, 5.41) is 11.2. The van der Waals surface area contributed by atoms with E-state index in [4.69, 9.17) is 5.11 Å². The van der Waals surface area contributed by atoms with Gasteiger partial charge in [-0.2, -0.15) is 0 Å². The first kappa shape index (κ1) is 13.1. The third-order valence-electron chi connectivity index (χ3n) is 2.77. The molecule has 0 saturated carbocycles. The van der Waals surface area contributed by atoms with Crippen LogP contribution in [0, 0.1) is 0 Å². The number of amides is 1. The highest BCUT2D eigenvalue weighted by Crippen LogP contribution is 2.11. The molecule has 0 aliphatic rings. The van der Waals surface area contributed by atoms with Gasteiger partial charge >= 0.3 is 5.97 Å². The number of carbonyl (C=O) groups is 2. The number of aromatic amines is 1. The number of carboxylic acids is 1. The molecule has 1 amide bonds. The number of imidazole rings is 1. The number of carboxylic acid groups (broad SMARTS) is 1. The standard InChI is InChI=1S/C13H15N3O3/c17-12(2-1-3-13(18)19)14-7-9-4-5-10-11(6-9)16-8-15-10/h4-6,8H,1-3,7H2,(H,14,17)(H,15,16)(H,18,19). The number of aromatic nitrogens is 2. The first-order chi connectivity index (χ1) is 9.15. The monoisotopic (exact) mass is 261 g/mol. The normalized spacial score (nSPS) is 10.5. The van der Waals surface area contributed by atoms with Crippen molar-refractivity contribution in [3.05, 3.63) is 30.1 Å². The lowest BCUT2D eigenvalue weighted by atomic mass is 10.2. The van der Waals surface area contributed by atoms with Gasteiger partial charge in [-0.25, -0.2) is 4.98 Å². The second-order valence-corrected chi connectivity index (χ2v) is 4.28. The second kappa shape index (κ2) is 5.99. The summed E-state index contributed by atoms with van der Waals surface area (Å²) in [4.78, 5) is 28.9. The second-order valence-electron chi connectivity index (χ2n) is 4.28. The highest BCUT2D eigenvalue weighted by Gasteiger charge is 2.04. The highest BCUT2D eigenvalue weighted by molar-refractivity contribution is 5.77. The Labute approximate surface area is 109 Å². The quantitative estimate of drug-likeness (QED) is 0.733. The Balaban J connectivity index is 1.81. The van der Waals surface area contributed by atoms with Crippen LogP contribution in [-0.4, -0.2) is 27.0 Å². The lowest BCUT2D eigenvalue weighted by Gasteiger charge is -2.04. The Morgan fingerprint density at radius 1 is 1.32 bits per heavy atom. The molecule has 0 aliphatic carbocycles. The molecule has 0 saturated heterocycles. The van der Waals surface area contributed by atoms with Gasteiger partial charge in [0.05, 0.1) is 17.4 Å². The maximum absolute atomic E-state index is 11.5. The first-order valence-corrected chi connectivity index (χ1v) is 6.05. The van der Waals surface area contributed by atoms with Crippen LogP contribution in [0.25, 0.3) is 11.0 Å². The molecular weight excluding hydrogens is 246 g/mol. The number of nitrogens with zero attached hydrogens (tertiary/aromatic N) is 1. The van der Waals surface area contributed by atoms with Gasteiger partial charge in [0.1, 0.15) is 0 Å². The van der Waals surface area contributed by atoms with Crippen LogP contribution in [0.2, 0.25) is 0 Å². The number of rotatable bonds is 6. The minimum absolute atomic E-state index is 0.0214. The molecular formula is C13H15N3O3. The summed E-state index contributed by atoms with van der Waals surface area (Å²) in [6, 6.07) is 5.72.